The van der Waals surface area contributed by atoms with Crippen LogP contribution in [0.5, 0.6) is 0 Å². The lowest BCUT2D eigenvalue weighted by molar-refractivity contribution is 0.593. The average molecular weight is 685 g/mol. The first-order chi connectivity index (χ1) is 25.7. The Morgan fingerprint density at radius 3 is 1.69 bits per heavy atom. The average Bonchev–Trinajstić information content (AvgIpc) is 3.68. The van der Waals surface area contributed by atoms with Crippen LogP contribution >= 0.6 is 7.14 Å². The van der Waals surface area contributed by atoms with Crippen LogP contribution in [0.15, 0.2) is 200 Å². The number of benzene rings is 8. The number of hydrogen-bond acceptors (Lipinski definition) is 2. The largest absolute Gasteiger partial charge is 0.311 e. The van der Waals surface area contributed by atoms with Crippen LogP contribution in [0.25, 0.3) is 49.7 Å². The molecular formula is C48H33N2OP. The van der Waals surface area contributed by atoms with E-state index in [0.717, 1.165) is 71.6 Å². The molecule has 0 amide bonds. The van der Waals surface area contributed by atoms with Gasteiger partial charge >= 0.3 is 0 Å². The summed E-state index contributed by atoms with van der Waals surface area (Å²) in [5, 5.41) is 4.96. The predicted molar refractivity (Wildman–Crippen MR) is 219 cm³/mol. The second-order valence-electron chi connectivity index (χ2n) is 13.3. The summed E-state index contributed by atoms with van der Waals surface area (Å²) in [5.41, 5.74) is 11.0. The van der Waals surface area contributed by atoms with E-state index < -0.39 is 7.14 Å². The first kappa shape index (κ1) is 30.4. The molecule has 1 atom stereocenters. The number of aromatic nitrogens is 1. The maximum Gasteiger partial charge on any atom is 0.172 e. The Balaban J connectivity index is 1.12. The Morgan fingerprint density at radius 1 is 0.404 bits per heavy atom. The first-order valence-electron chi connectivity index (χ1n) is 17.6. The molecule has 1 aliphatic rings. The molecule has 4 heteroatoms. The fourth-order valence-corrected chi connectivity index (χ4v) is 11.1. The predicted octanol–water partition coefficient (Wildman–Crippen LogP) is 11.5. The van der Waals surface area contributed by atoms with Crippen LogP contribution in [0.4, 0.5) is 17.1 Å². The standard InChI is InChI=1S/C48H33N2OP/c51-52(40-18-8-3-9-19-40)47-23-13-11-21-42(47)44-32-46-43(33-48(44)52)41-20-10-12-22-45(41)50(46)39-30-28-38(29-31-39)49(36-16-6-2-7-17-36)37-26-24-35(25-27-37)34-14-4-1-5-15-34/h1-33H. The van der Waals surface area contributed by atoms with Gasteiger partial charge in [0.05, 0.1) is 11.0 Å². The van der Waals surface area contributed by atoms with E-state index in [1.807, 2.05) is 48.5 Å². The Kier molecular flexibility index (Phi) is 7.09. The summed E-state index contributed by atoms with van der Waals surface area (Å²) in [6, 6.07) is 69.9. The molecule has 0 radical (unpaired) electrons. The SMILES string of the molecule is O=P1(c2ccccc2)c2ccccc2-c2cc3c(cc21)c1ccccc1n3-c1ccc(N(c2ccccc2)c2ccc(-c3ccccc3)cc2)cc1. The van der Waals surface area contributed by atoms with Crippen molar-refractivity contribution in [2.24, 2.45) is 0 Å². The smallest absolute Gasteiger partial charge is 0.172 e. The van der Waals surface area contributed by atoms with Crippen molar-refractivity contribution in [3.05, 3.63) is 200 Å². The van der Waals surface area contributed by atoms with Crippen molar-refractivity contribution in [3.8, 4) is 27.9 Å². The van der Waals surface area contributed by atoms with Crippen LogP contribution < -0.4 is 20.8 Å². The van der Waals surface area contributed by atoms with Crippen LogP contribution in [0.2, 0.25) is 0 Å². The van der Waals surface area contributed by atoms with Gasteiger partial charge in [0.15, 0.2) is 7.14 Å². The molecule has 1 unspecified atom stereocenters. The van der Waals surface area contributed by atoms with Crippen LogP contribution in [0.1, 0.15) is 0 Å². The van der Waals surface area contributed by atoms with Crippen LogP contribution in [-0.2, 0) is 4.57 Å². The second kappa shape index (κ2) is 12.1. The minimum absolute atomic E-state index is 0.873. The zero-order chi connectivity index (χ0) is 34.6. The lowest BCUT2D eigenvalue weighted by atomic mass is 10.0. The fourth-order valence-electron chi connectivity index (χ4n) is 7.99. The normalized spacial score (nSPS) is 14.7. The van der Waals surface area contributed by atoms with Gasteiger partial charge in [0, 0.05) is 49.4 Å². The maximum absolute atomic E-state index is 15.3. The maximum atomic E-state index is 15.3. The highest BCUT2D eigenvalue weighted by Crippen LogP contribution is 2.53. The summed E-state index contributed by atoms with van der Waals surface area (Å²) in [6.45, 7) is 0. The quantitative estimate of drug-likeness (QED) is 0.163. The van der Waals surface area contributed by atoms with Crippen LogP contribution in [-0.4, -0.2) is 4.57 Å². The van der Waals surface area contributed by atoms with Crippen molar-refractivity contribution in [3.63, 3.8) is 0 Å². The lowest BCUT2D eigenvalue weighted by Crippen LogP contribution is -2.20. The summed E-state index contributed by atoms with van der Waals surface area (Å²) in [5.74, 6) is 0. The molecule has 246 valence electrons. The van der Waals surface area contributed by atoms with Crippen molar-refractivity contribution in [1.82, 2.24) is 4.57 Å². The van der Waals surface area contributed by atoms with Gasteiger partial charge in [-0.15, -0.1) is 0 Å². The van der Waals surface area contributed by atoms with E-state index >= 15 is 4.57 Å². The highest BCUT2D eigenvalue weighted by atomic mass is 31.2. The topological polar surface area (TPSA) is 25.2 Å². The van der Waals surface area contributed by atoms with Gasteiger partial charge in [-0.2, -0.15) is 0 Å². The van der Waals surface area contributed by atoms with Crippen LogP contribution in [0.3, 0.4) is 0 Å². The van der Waals surface area contributed by atoms with Gasteiger partial charge in [-0.05, 0) is 89.0 Å². The highest BCUT2D eigenvalue weighted by molar-refractivity contribution is 7.86. The van der Waals surface area contributed by atoms with Crippen molar-refractivity contribution in [2.75, 3.05) is 4.90 Å². The molecule has 52 heavy (non-hydrogen) atoms. The van der Waals surface area contributed by atoms with Crippen molar-refractivity contribution in [1.29, 1.82) is 0 Å². The molecule has 0 N–H and O–H groups in total. The first-order valence-corrected chi connectivity index (χ1v) is 19.3. The van der Waals surface area contributed by atoms with E-state index in [4.69, 9.17) is 0 Å². The second-order valence-corrected chi connectivity index (χ2v) is 16.0. The molecule has 10 rings (SSSR count). The van der Waals surface area contributed by atoms with E-state index in [0.29, 0.717) is 0 Å². The third-order valence-corrected chi connectivity index (χ3v) is 13.5. The molecular weight excluding hydrogens is 652 g/mol. The minimum atomic E-state index is -3.06. The molecule has 0 bridgehead atoms. The molecule has 0 saturated heterocycles. The molecule has 0 saturated carbocycles. The summed E-state index contributed by atoms with van der Waals surface area (Å²) in [6.07, 6.45) is 0. The van der Waals surface area contributed by atoms with Gasteiger partial charge in [0.25, 0.3) is 0 Å². The lowest BCUT2D eigenvalue weighted by Gasteiger charge is -2.26. The van der Waals surface area contributed by atoms with Crippen molar-refractivity contribution < 1.29 is 4.57 Å². The number of anilines is 3. The van der Waals surface area contributed by atoms with Gasteiger partial charge in [-0.25, -0.2) is 0 Å². The van der Waals surface area contributed by atoms with Gasteiger partial charge in [0.1, 0.15) is 0 Å². The summed E-state index contributed by atoms with van der Waals surface area (Å²) >= 11 is 0. The molecule has 3 nitrogen and oxygen atoms in total. The number of fused-ring (bicyclic) bond motifs is 6. The molecule has 1 aromatic heterocycles. The number of rotatable bonds is 6. The molecule has 9 aromatic rings. The van der Waals surface area contributed by atoms with E-state index in [-0.39, 0.29) is 0 Å². The highest BCUT2D eigenvalue weighted by Gasteiger charge is 2.40. The summed E-state index contributed by atoms with van der Waals surface area (Å²) in [7, 11) is -3.06. The summed E-state index contributed by atoms with van der Waals surface area (Å²) in [4.78, 5) is 2.30. The molecule has 0 aliphatic carbocycles. The third kappa shape index (κ3) is 4.71. The van der Waals surface area contributed by atoms with E-state index in [2.05, 4.69) is 161 Å². The van der Waals surface area contributed by atoms with Crippen molar-refractivity contribution in [2.45, 2.75) is 0 Å². The fraction of sp³-hybridized carbons (Fsp3) is 0. The number of hydrogen-bond donors (Lipinski definition) is 0. The van der Waals surface area contributed by atoms with Crippen LogP contribution in [0, 0.1) is 0 Å². The van der Waals surface area contributed by atoms with E-state index in [1.54, 1.807) is 0 Å². The van der Waals surface area contributed by atoms with Gasteiger partial charge < -0.3 is 14.0 Å². The Bertz CT molecular complexity index is 2790. The monoisotopic (exact) mass is 684 g/mol. The number of para-hydroxylation sites is 2. The van der Waals surface area contributed by atoms with E-state index in [1.165, 1.54) is 11.1 Å². The molecule has 1 aliphatic heterocycles. The molecule has 0 spiro atoms. The Hall–Kier alpha value is -6.41. The Labute approximate surface area is 303 Å². The van der Waals surface area contributed by atoms with E-state index in [9.17, 15) is 0 Å². The van der Waals surface area contributed by atoms with Gasteiger partial charge in [-0.3, -0.25) is 0 Å². The van der Waals surface area contributed by atoms with Gasteiger partial charge in [0.2, 0.25) is 0 Å². The summed E-state index contributed by atoms with van der Waals surface area (Å²) < 4.78 is 17.7. The Morgan fingerprint density at radius 2 is 0.962 bits per heavy atom. The zero-order valence-electron chi connectivity index (χ0n) is 28.3. The van der Waals surface area contributed by atoms with Crippen molar-refractivity contribution >= 4 is 61.9 Å². The molecule has 0 fully saturated rings. The minimum Gasteiger partial charge on any atom is -0.311 e. The van der Waals surface area contributed by atoms with Gasteiger partial charge in [-0.1, -0.05) is 133 Å². The molecule has 2 heterocycles. The molecule has 8 aromatic carbocycles. The number of nitrogens with zero attached hydrogens (tertiary/aromatic N) is 2. The zero-order valence-corrected chi connectivity index (χ0v) is 29.2. The third-order valence-electron chi connectivity index (χ3n) is 10.4.